The monoisotopic (exact) mass is 271 g/mol. The molecule has 0 bridgehead atoms. The van der Waals surface area contributed by atoms with E-state index in [2.05, 4.69) is 0 Å². The quantitative estimate of drug-likeness (QED) is 0.601. The molecule has 1 aliphatic carbocycles. The first-order chi connectivity index (χ1) is 8.66. The number of thiol groups is 1. The van der Waals surface area contributed by atoms with Gasteiger partial charge in [0.2, 0.25) is 5.91 Å². The van der Waals surface area contributed by atoms with E-state index in [0.29, 0.717) is 18.3 Å². The molecule has 1 saturated heterocycles. The van der Waals surface area contributed by atoms with E-state index in [1.165, 1.54) is 17.7 Å². The van der Waals surface area contributed by atoms with Crippen LogP contribution in [-0.4, -0.2) is 39.1 Å². The number of rotatable bonds is 3. The van der Waals surface area contributed by atoms with Gasteiger partial charge in [0.05, 0.1) is 17.9 Å². The van der Waals surface area contributed by atoms with Crippen molar-refractivity contribution in [2.45, 2.75) is 43.6 Å². The summed E-state index contributed by atoms with van der Waals surface area (Å²) in [4.78, 5) is 24.0. The van der Waals surface area contributed by atoms with Crippen LogP contribution in [0.3, 0.4) is 0 Å². The lowest BCUT2D eigenvalue weighted by Gasteiger charge is -2.49. The average Bonchev–Trinajstić information content (AvgIpc) is 2.81. The maximum atomic E-state index is 11.5. The Morgan fingerprint density at radius 3 is 2.78 bits per heavy atom. The van der Waals surface area contributed by atoms with Gasteiger partial charge in [0.1, 0.15) is 5.70 Å². The van der Waals surface area contributed by atoms with Gasteiger partial charge in [-0.1, -0.05) is 12.8 Å². The minimum absolute atomic E-state index is 0.00389. The zero-order valence-electron chi connectivity index (χ0n) is 10.0. The Morgan fingerprint density at radius 2 is 2.17 bits per heavy atom. The van der Waals surface area contributed by atoms with Crippen molar-refractivity contribution in [3.8, 4) is 0 Å². The molecule has 2 atom stereocenters. The highest BCUT2D eigenvalue weighted by Gasteiger charge is 2.46. The minimum Gasteiger partial charge on any atom is -0.477 e. The van der Waals surface area contributed by atoms with Gasteiger partial charge in [0.15, 0.2) is 0 Å². The van der Waals surface area contributed by atoms with Crippen LogP contribution in [0.1, 0.15) is 32.1 Å². The van der Waals surface area contributed by atoms with Crippen molar-refractivity contribution in [3.63, 3.8) is 0 Å². The Kier molecular flexibility index (Phi) is 3.07. The molecule has 0 spiro atoms. The van der Waals surface area contributed by atoms with Gasteiger partial charge in [-0.2, -0.15) is 0 Å². The molecule has 5 nitrogen and oxygen atoms in total. The van der Waals surface area contributed by atoms with Crippen LogP contribution in [0.25, 0.3) is 0 Å². The summed E-state index contributed by atoms with van der Waals surface area (Å²) in [6, 6.07) is 0. The zero-order valence-corrected chi connectivity index (χ0v) is 10.9. The van der Waals surface area contributed by atoms with Crippen LogP contribution in [0.5, 0.6) is 0 Å². The summed E-state index contributed by atoms with van der Waals surface area (Å²) in [6.07, 6.45) is 7.08. The van der Waals surface area contributed by atoms with Crippen molar-refractivity contribution in [1.82, 2.24) is 4.90 Å². The largest absolute Gasteiger partial charge is 0.477 e. The first-order valence-corrected chi connectivity index (χ1v) is 7.87. The Labute approximate surface area is 108 Å². The molecule has 3 aliphatic rings. The molecule has 2 fully saturated rings. The van der Waals surface area contributed by atoms with Gasteiger partial charge < -0.3 is 9.29 Å². The van der Waals surface area contributed by atoms with E-state index in [-0.39, 0.29) is 17.0 Å². The van der Waals surface area contributed by atoms with E-state index in [4.69, 9.17) is 9.29 Å². The van der Waals surface area contributed by atoms with Gasteiger partial charge in [0.25, 0.3) is 0 Å². The van der Waals surface area contributed by atoms with Crippen LogP contribution in [0.2, 0.25) is 0 Å². The van der Waals surface area contributed by atoms with Gasteiger partial charge >= 0.3 is 5.97 Å². The molecule has 1 N–H and O–H groups in total. The van der Waals surface area contributed by atoms with Crippen molar-refractivity contribution in [1.29, 1.82) is 0 Å². The molecule has 1 saturated carbocycles. The normalized spacial score (nSPS) is 33.9. The summed E-state index contributed by atoms with van der Waals surface area (Å²) in [5.74, 6) is -0.429. The molecule has 0 aromatic heterocycles. The van der Waals surface area contributed by atoms with Crippen molar-refractivity contribution < 1.29 is 18.9 Å². The predicted molar refractivity (Wildman–Crippen MR) is 68.2 cm³/mol. The fourth-order valence-electron chi connectivity index (χ4n) is 2.81. The van der Waals surface area contributed by atoms with Crippen LogP contribution < -0.4 is 0 Å². The number of carbonyl (C=O) groups is 2. The molecule has 3 rings (SSSR count). The smallest absolute Gasteiger partial charge is 0.352 e. The predicted octanol–water partition coefficient (Wildman–Crippen LogP) is 1.40. The number of β-lactam (4-membered cyclic amide) rings is 1. The average molecular weight is 271 g/mol. The lowest BCUT2D eigenvalue weighted by Crippen LogP contribution is -2.55. The second-order valence-corrected chi connectivity index (χ2v) is 6.96. The Hall–Kier alpha value is -1.01. The van der Waals surface area contributed by atoms with E-state index < -0.39 is 17.1 Å². The Morgan fingerprint density at radius 1 is 1.44 bits per heavy atom. The van der Waals surface area contributed by atoms with Crippen LogP contribution in [0, 0.1) is 0 Å². The summed E-state index contributed by atoms with van der Waals surface area (Å²) in [5, 5.41) is 9.06. The molecule has 2 aliphatic heterocycles. The van der Waals surface area contributed by atoms with Gasteiger partial charge in [-0.3, -0.25) is 9.69 Å². The third kappa shape index (κ3) is 1.93. The second kappa shape index (κ2) is 4.59. The number of amides is 1. The number of hydrogen-bond acceptors (Lipinski definition) is 3. The highest BCUT2D eigenvalue weighted by molar-refractivity contribution is 8.13. The summed E-state index contributed by atoms with van der Waals surface area (Å²) in [7, 11) is 0. The SMILES string of the molecule is O=C(O)C1=CC[SH](OC2CCCC2)C2CC(=O)N12. The molecule has 18 heavy (non-hydrogen) atoms. The number of carboxylic acids is 1. The lowest BCUT2D eigenvalue weighted by molar-refractivity contribution is -0.146. The Bertz CT molecular complexity index is 416. The number of hydrogen-bond donors (Lipinski definition) is 2. The minimum atomic E-state index is -1.01. The van der Waals surface area contributed by atoms with Gasteiger partial charge in [-0.05, 0) is 18.9 Å². The van der Waals surface area contributed by atoms with Crippen LogP contribution in [0.4, 0.5) is 0 Å². The molecule has 100 valence electrons. The standard InChI is InChI=1S/C12H17NO4S/c14-10-7-11-13(10)9(12(15)16)5-6-18(11)17-8-3-1-2-4-8/h5,8,11,18H,1-4,6-7H2,(H,15,16). The van der Waals surface area contributed by atoms with Crippen molar-refractivity contribution in [2.24, 2.45) is 0 Å². The summed E-state index contributed by atoms with van der Waals surface area (Å²) in [6.45, 7) is 0. The van der Waals surface area contributed by atoms with Crippen LogP contribution >= 0.6 is 11.2 Å². The van der Waals surface area contributed by atoms with E-state index in [9.17, 15) is 9.59 Å². The first-order valence-electron chi connectivity index (χ1n) is 6.36. The molecule has 2 unspecified atom stereocenters. The van der Waals surface area contributed by atoms with E-state index >= 15 is 0 Å². The van der Waals surface area contributed by atoms with Gasteiger partial charge in [-0.25, -0.2) is 4.79 Å². The molecule has 0 aromatic rings. The van der Waals surface area contributed by atoms with Crippen molar-refractivity contribution in [3.05, 3.63) is 11.8 Å². The topological polar surface area (TPSA) is 66.8 Å². The fourth-order valence-corrected chi connectivity index (χ4v) is 5.10. The highest BCUT2D eigenvalue weighted by atomic mass is 32.2. The van der Waals surface area contributed by atoms with Crippen molar-refractivity contribution >= 4 is 23.1 Å². The Balaban J connectivity index is 1.71. The number of carboxylic acid groups (broad SMARTS) is 1. The summed E-state index contributed by atoms with van der Waals surface area (Å²) in [5.41, 5.74) is 0.144. The molecule has 6 heteroatoms. The number of carbonyl (C=O) groups excluding carboxylic acids is 1. The number of fused-ring (bicyclic) bond motifs is 1. The zero-order chi connectivity index (χ0) is 12.7. The fraction of sp³-hybridized carbons (Fsp3) is 0.667. The maximum Gasteiger partial charge on any atom is 0.352 e. The number of aliphatic carboxylic acids is 1. The second-order valence-electron chi connectivity index (χ2n) is 4.95. The van der Waals surface area contributed by atoms with E-state index in [1.54, 1.807) is 6.08 Å². The van der Waals surface area contributed by atoms with Gasteiger partial charge in [-0.15, -0.1) is 11.2 Å². The lowest BCUT2D eigenvalue weighted by atomic mass is 10.1. The maximum absolute atomic E-state index is 11.5. The first kappa shape index (κ1) is 12.0. The van der Waals surface area contributed by atoms with Crippen LogP contribution in [-0.2, 0) is 13.8 Å². The molecular formula is C12H17NO4S. The molecule has 2 heterocycles. The van der Waals surface area contributed by atoms with Crippen LogP contribution in [0.15, 0.2) is 11.8 Å². The van der Waals surface area contributed by atoms with Crippen molar-refractivity contribution in [2.75, 3.05) is 5.75 Å². The summed E-state index contributed by atoms with van der Waals surface area (Å²) < 4.78 is 6.10. The molecule has 0 radical (unpaired) electrons. The van der Waals surface area contributed by atoms with E-state index in [1.807, 2.05) is 0 Å². The summed E-state index contributed by atoms with van der Waals surface area (Å²) >= 11 is -0.709. The third-order valence-corrected chi connectivity index (χ3v) is 5.98. The highest BCUT2D eigenvalue weighted by Crippen LogP contribution is 2.49. The third-order valence-electron chi connectivity index (χ3n) is 3.79. The molecule has 0 aromatic carbocycles. The van der Waals surface area contributed by atoms with E-state index in [0.717, 1.165) is 12.8 Å². The number of nitrogens with zero attached hydrogens (tertiary/aromatic N) is 1. The molecular weight excluding hydrogens is 254 g/mol. The molecule has 1 amide bonds. The van der Waals surface area contributed by atoms with Gasteiger partial charge in [0, 0.05) is 5.75 Å².